The fourth-order valence-corrected chi connectivity index (χ4v) is 1.99. The van der Waals surface area contributed by atoms with Gasteiger partial charge in [0.1, 0.15) is 18.0 Å². The summed E-state index contributed by atoms with van der Waals surface area (Å²) < 4.78 is 15.4. The van der Waals surface area contributed by atoms with Crippen LogP contribution in [0.25, 0.3) is 0 Å². The van der Waals surface area contributed by atoms with Crippen molar-refractivity contribution in [2.24, 2.45) is 0 Å². The molecule has 6 heteroatoms. The molecule has 0 saturated heterocycles. The second kappa shape index (κ2) is 5.61. The number of Topliss-reactive ketones (excluding diaryl/α,β-unsaturated/α-hetero) is 1. The Morgan fingerprint density at radius 3 is 2.84 bits per heavy atom. The van der Waals surface area contributed by atoms with Gasteiger partial charge in [0, 0.05) is 11.6 Å². The number of halogens is 2. The molecular weight excluding hydrogens is 313 g/mol. The van der Waals surface area contributed by atoms with Crippen LogP contribution in [0.4, 0.5) is 4.39 Å². The summed E-state index contributed by atoms with van der Waals surface area (Å²) in [6.45, 7) is 3.92. The van der Waals surface area contributed by atoms with Gasteiger partial charge in [-0.2, -0.15) is 5.10 Å². The standard InChI is InChI=1S/C13H13BrFN3O/c1-8(2)18-13(16-7-17-18)6-12(19)9-3-4-10(14)11(15)5-9/h3-5,7-8H,6H2,1-2H3. The van der Waals surface area contributed by atoms with Gasteiger partial charge in [0.2, 0.25) is 0 Å². The van der Waals surface area contributed by atoms with Gasteiger partial charge in [0.25, 0.3) is 0 Å². The van der Waals surface area contributed by atoms with Gasteiger partial charge >= 0.3 is 0 Å². The SMILES string of the molecule is CC(C)n1ncnc1CC(=O)c1ccc(Br)c(F)c1. The van der Waals surface area contributed by atoms with Crippen molar-refractivity contribution >= 4 is 21.7 Å². The fourth-order valence-electron chi connectivity index (χ4n) is 1.75. The highest BCUT2D eigenvalue weighted by atomic mass is 79.9. The zero-order valence-corrected chi connectivity index (χ0v) is 12.2. The Labute approximate surface area is 118 Å². The van der Waals surface area contributed by atoms with Crippen molar-refractivity contribution in [1.29, 1.82) is 0 Å². The third kappa shape index (κ3) is 3.07. The van der Waals surface area contributed by atoms with Crippen LogP contribution in [-0.4, -0.2) is 20.5 Å². The van der Waals surface area contributed by atoms with Gasteiger partial charge in [0.15, 0.2) is 5.78 Å². The van der Waals surface area contributed by atoms with Gasteiger partial charge < -0.3 is 0 Å². The van der Waals surface area contributed by atoms with E-state index in [1.165, 1.54) is 18.5 Å². The molecule has 0 unspecified atom stereocenters. The van der Waals surface area contributed by atoms with Gasteiger partial charge in [-0.25, -0.2) is 14.1 Å². The maximum Gasteiger partial charge on any atom is 0.170 e. The normalized spacial score (nSPS) is 11.0. The molecule has 4 nitrogen and oxygen atoms in total. The lowest BCUT2D eigenvalue weighted by Crippen LogP contribution is -2.13. The number of carbonyl (C=O) groups is 1. The Morgan fingerprint density at radius 2 is 2.21 bits per heavy atom. The first-order valence-corrected chi connectivity index (χ1v) is 6.65. The summed E-state index contributed by atoms with van der Waals surface area (Å²) in [5, 5.41) is 4.07. The van der Waals surface area contributed by atoms with E-state index in [0.29, 0.717) is 15.9 Å². The Hall–Kier alpha value is -1.56. The summed E-state index contributed by atoms with van der Waals surface area (Å²) in [5.74, 6) is -0.0409. The molecule has 1 heterocycles. The summed E-state index contributed by atoms with van der Waals surface area (Å²) in [4.78, 5) is 16.2. The third-order valence-electron chi connectivity index (χ3n) is 2.70. The second-order valence-electron chi connectivity index (χ2n) is 4.44. The maximum absolute atomic E-state index is 13.4. The van der Waals surface area contributed by atoms with Gasteiger partial charge in [-0.3, -0.25) is 4.79 Å². The molecule has 2 aromatic rings. The second-order valence-corrected chi connectivity index (χ2v) is 5.30. The van der Waals surface area contributed by atoms with Crippen molar-refractivity contribution in [3.63, 3.8) is 0 Å². The largest absolute Gasteiger partial charge is 0.294 e. The van der Waals surface area contributed by atoms with E-state index < -0.39 is 5.82 Å². The van der Waals surface area contributed by atoms with Gasteiger partial charge in [-0.15, -0.1) is 0 Å². The molecule has 100 valence electrons. The minimum atomic E-state index is -0.448. The number of hydrogen-bond acceptors (Lipinski definition) is 3. The number of nitrogens with zero attached hydrogens (tertiary/aromatic N) is 3. The van der Waals surface area contributed by atoms with Crippen LogP contribution in [0, 0.1) is 5.82 Å². The van der Waals surface area contributed by atoms with Crippen LogP contribution in [-0.2, 0) is 6.42 Å². The number of benzene rings is 1. The summed E-state index contributed by atoms with van der Waals surface area (Å²) in [5.41, 5.74) is 0.332. The van der Waals surface area contributed by atoms with Gasteiger partial charge in [0.05, 0.1) is 10.9 Å². The highest BCUT2D eigenvalue weighted by Gasteiger charge is 2.14. The van der Waals surface area contributed by atoms with Gasteiger partial charge in [-0.1, -0.05) is 6.07 Å². The Morgan fingerprint density at radius 1 is 1.47 bits per heavy atom. The van der Waals surface area contributed by atoms with Crippen LogP contribution in [0.1, 0.15) is 36.1 Å². The molecule has 0 amide bonds. The van der Waals surface area contributed by atoms with E-state index in [2.05, 4.69) is 26.0 Å². The van der Waals surface area contributed by atoms with E-state index in [9.17, 15) is 9.18 Å². The van der Waals surface area contributed by atoms with Crippen LogP contribution >= 0.6 is 15.9 Å². The van der Waals surface area contributed by atoms with Crippen LogP contribution in [0.15, 0.2) is 29.0 Å². The van der Waals surface area contributed by atoms with E-state index in [1.54, 1.807) is 10.7 Å². The molecule has 0 N–H and O–H groups in total. The zero-order chi connectivity index (χ0) is 14.0. The highest BCUT2D eigenvalue weighted by Crippen LogP contribution is 2.17. The van der Waals surface area contributed by atoms with E-state index in [4.69, 9.17) is 0 Å². The van der Waals surface area contributed by atoms with E-state index >= 15 is 0 Å². The average molecular weight is 326 g/mol. The Kier molecular flexibility index (Phi) is 4.09. The summed E-state index contributed by atoms with van der Waals surface area (Å²) in [7, 11) is 0. The molecule has 0 atom stereocenters. The van der Waals surface area contributed by atoms with Crippen molar-refractivity contribution in [2.45, 2.75) is 26.3 Å². The first kappa shape index (κ1) is 13.9. The topological polar surface area (TPSA) is 47.8 Å². The zero-order valence-electron chi connectivity index (χ0n) is 10.6. The molecule has 0 fully saturated rings. The molecule has 1 aromatic heterocycles. The van der Waals surface area contributed by atoms with E-state index in [0.717, 1.165) is 0 Å². The van der Waals surface area contributed by atoms with Crippen molar-refractivity contribution in [3.8, 4) is 0 Å². The average Bonchev–Trinajstić information content (AvgIpc) is 2.80. The molecule has 1 aromatic carbocycles. The molecule has 0 saturated carbocycles. The Bertz CT molecular complexity index is 610. The summed E-state index contributed by atoms with van der Waals surface area (Å²) in [6, 6.07) is 4.47. The minimum absolute atomic E-state index is 0.110. The molecule has 2 rings (SSSR count). The first-order valence-electron chi connectivity index (χ1n) is 5.85. The lowest BCUT2D eigenvalue weighted by atomic mass is 10.1. The predicted octanol–water partition coefficient (Wildman–Crippen LogP) is 3.19. The van der Waals surface area contributed by atoms with Crippen LogP contribution in [0.2, 0.25) is 0 Å². The number of hydrogen-bond donors (Lipinski definition) is 0. The molecular formula is C13H13BrFN3O. The summed E-state index contributed by atoms with van der Waals surface area (Å²) >= 11 is 3.06. The lowest BCUT2D eigenvalue weighted by molar-refractivity contribution is 0.0988. The summed E-state index contributed by atoms with van der Waals surface area (Å²) in [6.07, 6.45) is 1.53. The number of aromatic nitrogens is 3. The van der Waals surface area contributed by atoms with Crippen molar-refractivity contribution in [2.75, 3.05) is 0 Å². The molecule has 0 bridgehead atoms. The van der Waals surface area contributed by atoms with Crippen LogP contribution < -0.4 is 0 Å². The Balaban J connectivity index is 2.21. The third-order valence-corrected chi connectivity index (χ3v) is 3.34. The smallest absolute Gasteiger partial charge is 0.170 e. The molecule has 0 spiro atoms. The molecule has 0 aliphatic carbocycles. The van der Waals surface area contributed by atoms with Crippen molar-refractivity contribution < 1.29 is 9.18 Å². The lowest BCUT2D eigenvalue weighted by Gasteiger charge is -2.08. The van der Waals surface area contributed by atoms with E-state index in [1.807, 2.05) is 13.8 Å². The van der Waals surface area contributed by atoms with Crippen molar-refractivity contribution in [3.05, 3.63) is 46.2 Å². The van der Waals surface area contributed by atoms with Crippen molar-refractivity contribution in [1.82, 2.24) is 14.8 Å². The maximum atomic E-state index is 13.4. The predicted molar refractivity (Wildman–Crippen MR) is 72.5 cm³/mol. The molecule has 0 radical (unpaired) electrons. The van der Waals surface area contributed by atoms with E-state index in [-0.39, 0.29) is 18.2 Å². The monoisotopic (exact) mass is 325 g/mol. The molecule has 0 aliphatic rings. The quantitative estimate of drug-likeness (QED) is 0.811. The number of ketones is 1. The fraction of sp³-hybridized carbons (Fsp3) is 0.308. The molecule has 0 aliphatic heterocycles. The van der Waals surface area contributed by atoms with Gasteiger partial charge in [-0.05, 0) is 41.9 Å². The molecule has 19 heavy (non-hydrogen) atoms. The van der Waals surface area contributed by atoms with Crippen LogP contribution in [0.3, 0.4) is 0 Å². The number of rotatable bonds is 4. The minimum Gasteiger partial charge on any atom is -0.294 e. The number of carbonyl (C=O) groups excluding carboxylic acids is 1. The first-order chi connectivity index (χ1) is 8.99. The van der Waals surface area contributed by atoms with Crippen LogP contribution in [0.5, 0.6) is 0 Å². The highest BCUT2D eigenvalue weighted by molar-refractivity contribution is 9.10.